The Balaban J connectivity index is 1.31. The summed E-state index contributed by atoms with van der Waals surface area (Å²) in [5.74, 6) is -3.16. The first-order valence-corrected chi connectivity index (χ1v) is 19.1. The van der Waals surface area contributed by atoms with Gasteiger partial charge in [0.05, 0.1) is 29.5 Å². The van der Waals surface area contributed by atoms with Gasteiger partial charge in [0.2, 0.25) is 17.7 Å². The number of benzene rings is 2. The molecule has 3 fully saturated rings. The monoisotopic (exact) mass is 740 g/mol. The third-order valence-corrected chi connectivity index (χ3v) is 11.4. The molecule has 1 spiro atoms. The Morgan fingerprint density at radius 2 is 1.81 bits per heavy atom. The van der Waals surface area contributed by atoms with E-state index in [1.165, 1.54) is 0 Å². The molecule has 1 aromatic heterocycles. The van der Waals surface area contributed by atoms with Crippen molar-refractivity contribution in [2.45, 2.75) is 94.9 Å². The molecule has 2 bridgehead atoms. The molecule has 0 radical (unpaired) electrons. The predicted octanol–water partition coefficient (Wildman–Crippen LogP) is 4.43. The van der Waals surface area contributed by atoms with Crippen molar-refractivity contribution in [1.29, 1.82) is 0 Å². The van der Waals surface area contributed by atoms with Gasteiger partial charge in [-0.15, -0.1) is 18.3 Å². The molecule has 7 atom stereocenters. The zero-order valence-electron chi connectivity index (χ0n) is 31.3. The second-order valence-electron chi connectivity index (χ2n) is 14.6. The van der Waals surface area contributed by atoms with Crippen LogP contribution in [-0.4, -0.2) is 109 Å². The summed E-state index contributed by atoms with van der Waals surface area (Å²) in [4.78, 5) is 62.0. The van der Waals surface area contributed by atoms with Crippen molar-refractivity contribution < 1.29 is 33.8 Å². The lowest BCUT2D eigenvalue weighted by molar-refractivity contribution is -0.164. The number of fused-ring (bicyclic) bond motifs is 2. The number of aliphatic hydroxyl groups excluding tert-OH is 1. The quantitative estimate of drug-likeness (QED) is 0.107. The molecule has 3 aromatic rings. The highest BCUT2D eigenvalue weighted by Crippen LogP contribution is 2.59. The standard InChI is InChI=1S/C41H52N6O7/c1-5-7-21-33(49)44(4)28(3)36(29-17-11-10-12-18-29)53-40(52)34-32-22-23-41(54-32)35(34)38(50)46(25-15-8-9-16-26-48)37(41)39(51)45(24-6-2)27-47-31-20-14-13-19-30(31)42-43-47/h5-6,10-14,17-20,28,32,34-37,48H,1-2,7-9,15-16,21-27H2,3-4H3/t28-,32+,34-,35-,36+,37+,41-/m1/s1. The Morgan fingerprint density at radius 1 is 1.07 bits per heavy atom. The fraction of sp³-hybridized carbons (Fsp3) is 0.512. The van der Waals surface area contributed by atoms with Gasteiger partial charge in [-0.05, 0) is 56.7 Å². The van der Waals surface area contributed by atoms with E-state index >= 15 is 0 Å². The number of likely N-dealkylation sites (N-methyl/N-ethyl adjacent to an activating group) is 1. The fourth-order valence-electron chi connectivity index (χ4n) is 8.54. The van der Waals surface area contributed by atoms with Gasteiger partial charge >= 0.3 is 5.97 Å². The molecule has 2 aromatic carbocycles. The summed E-state index contributed by atoms with van der Waals surface area (Å²) in [5.41, 5.74) is 0.937. The number of ether oxygens (including phenoxy) is 2. The largest absolute Gasteiger partial charge is 0.455 e. The van der Waals surface area contributed by atoms with Crippen molar-refractivity contribution >= 4 is 34.7 Å². The van der Waals surface area contributed by atoms with E-state index in [1.807, 2.05) is 61.5 Å². The molecule has 13 nitrogen and oxygen atoms in total. The molecular formula is C41H52N6O7. The summed E-state index contributed by atoms with van der Waals surface area (Å²) in [6.45, 7) is 10.1. The zero-order valence-corrected chi connectivity index (χ0v) is 31.3. The van der Waals surface area contributed by atoms with Crippen LogP contribution < -0.4 is 0 Å². The Kier molecular flexibility index (Phi) is 12.3. The summed E-state index contributed by atoms with van der Waals surface area (Å²) in [6.07, 6.45) is 6.43. The van der Waals surface area contributed by atoms with Gasteiger partial charge in [-0.25, -0.2) is 4.68 Å². The van der Waals surface area contributed by atoms with E-state index in [2.05, 4.69) is 23.5 Å². The highest BCUT2D eigenvalue weighted by Gasteiger charge is 2.75. The summed E-state index contributed by atoms with van der Waals surface area (Å²) < 4.78 is 14.7. The highest BCUT2D eigenvalue weighted by atomic mass is 16.6. The summed E-state index contributed by atoms with van der Waals surface area (Å²) in [7, 11) is 1.70. The molecule has 6 rings (SSSR count). The molecule has 3 aliphatic rings. The van der Waals surface area contributed by atoms with Crippen LogP contribution in [0.5, 0.6) is 0 Å². The third kappa shape index (κ3) is 7.43. The minimum Gasteiger partial charge on any atom is -0.455 e. The number of unbranched alkanes of at least 4 members (excludes halogenated alkanes) is 3. The molecule has 13 heteroatoms. The Labute approximate surface area is 316 Å². The van der Waals surface area contributed by atoms with Crippen LogP contribution >= 0.6 is 0 Å². The second kappa shape index (κ2) is 17.1. The van der Waals surface area contributed by atoms with E-state index in [-0.39, 0.29) is 44.0 Å². The number of carbonyl (C=O) groups excluding carboxylic acids is 4. The number of aromatic nitrogens is 3. The molecule has 4 heterocycles. The van der Waals surface area contributed by atoms with Gasteiger partial charge in [0.15, 0.2) is 0 Å². The number of esters is 1. The number of carbonyl (C=O) groups is 4. The number of para-hydroxylation sites is 1. The zero-order chi connectivity index (χ0) is 38.4. The molecule has 0 unspecified atom stereocenters. The average Bonchev–Trinajstić information content (AvgIpc) is 3.94. The van der Waals surface area contributed by atoms with E-state index in [9.17, 15) is 24.3 Å². The van der Waals surface area contributed by atoms with Crippen molar-refractivity contribution in [3.63, 3.8) is 0 Å². The number of nitrogens with zero attached hydrogens (tertiary/aromatic N) is 6. The van der Waals surface area contributed by atoms with Crippen molar-refractivity contribution in [3.05, 3.63) is 85.5 Å². The molecule has 3 aliphatic heterocycles. The Hall–Kier alpha value is -4.88. The Morgan fingerprint density at radius 3 is 2.56 bits per heavy atom. The summed E-state index contributed by atoms with van der Waals surface area (Å²) in [6, 6.07) is 15.3. The van der Waals surface area contributed by atoms with Gasteiger partial charge in [0.1, 0.15) is 29.9 Å². The van der Waals surface area contributed by atoms with Gasteiger partial charge in [-0.1, -0.05) is 72.7 Å². The van der Waals surface area contributed by atoms with Gasteiger partial charge in [0, 0.05) is 33.2 Å². The lowest BCUT2D eigenvalue weighted by Gasteiger charge is -2.37. The molecule has 54 heavy (non-hydrogen) atoms. The molecule has 0 saturated carbocycles. The maximum Gasteiger partial charge on any atom is 0.313 e. The average molecular weight is 741 g/mol. The van der Waals surface area contributed by atoms with Gasteiger partial charge in [-0.3, -0.25) is 19.2 Å². The SMILES string of the molecule is C=CCCC(=O)N(C)[C@H](C)[C@H](OC(=O)[C@@H]1[C@@H]2CC[C@]3(O2)[C@H](C(=O)N(CC=C)Cn2nnc4ccccc42)N(CCCCCCO)C(=O)[C@@H]13)c1ccccc1. The van der Waals surface area contributed by atoms with Gasteiger partial charge in [-0.2, -0.15) is 0 Å². The van der Waals surface area contributed by atoms with E-state index < -0.39 is 47.7 Å². The summed E-state index contributed by atoms with van der Waals surface area (Å²) in [5, 5.41) is 17.9. The predicted molar refractivity (Wildman–Crippen MR) is 201 cm³/mol. The van der Waals surface area contributed by atoms with Crippen LogP contribution in [0.2, 0.25) is 0 Å². The Bertz CT molecular complexity index is 1830. The van der Waals surface area contributed by atoms with E-state index in [4.69, 9.17) is 9.47 Å². The first-order chi connectivity index (χ1) is 26.2. The molecule has 288 valence electrons. The van der Waals surface area contributed by atoms with Crippen LogP contribution in [0, 0.1) is 11.8 Å². The molecular weight excluding hydrogens is 688 g/mol. The minimum absolute atomic E-state index is 0.0751. The molecule has 0 aliphatic carbocycles. The lowest BCUT2D eigenvalue weighted by Crippen LogP contribution is -2.56. The van der Waals surface area contributed by atoms with E-state index in [1.54, 1.807) is 38.6 Å². The van der Waals surface area contributed by atoms with Gasteiger partial charge in [0.25, 0.3) is 0 Å². The highest BCUT2D eigenvalue weighted by molar-refractivity contribution is 5.98. The maximum absolute atomic E-state index is 14.9. The van der Waals surface area contributed by atoms with Crippen molar-refractivity contribution in [2.24, 2.45) is 11.8 Å². The van der Waals surface area contributed by atoms with Crippen LogP contribution in [0.1, 0.15) is 70.0 Å². The third-order valence-electron chi connectivity index (χ3n) is 11.4. The number of likely N-dealkylation sites (tertiary alicyclic amines) is 1. The molecule has 1 N–H and O–H groups in total. The van der Waals surface area contributed by atoms with Crippen molar-refractivity contribution in [3.8, 4) is 0 Å². The van der Waals surface area contributed by atoms with Crippen LogP contribution in [0.3, 0.4) is 0 Å². The molecule has 3 saturated heterocycles. The first kappa shape index (κ1) is 38.8. The lowest BCUT2D eigenvalue weighted by atomic mass is 9.70. The maximum atomic E-state index is 14.9. The number of hydrogen-bond acceptors (Lipinski definition) is 9. The van der Waals surface area contributed by atoms with Crippen LogP contribution in [0.4, 0.5) is 0 Å². The smallest absolute Gasteiger partial charge is 0.313 e. The number of hydrogen-bond donors (Lipinski definition) is 1. The number of rotatable bonds is 19. The summed E-state index contributed by atoms with van der Waals surface area (Å²) >= 11 is 0. The number of aliphatic hydroxyl groups is 1. The fourth-order valence-corrected chi connectivity index (χ4v) is 8.54. The first-order valence-electron chi connectivity index (χ1n) is 19.1. The number of allylic oxidation sites excluding steroid dienone is 1. The second-order valence-corrected chi connectivity index (χ2v) is 14.6. The molecule has 3 amide bonds. The van der Waals surface area contributed by atoms with Gasteiger partial charge < -0.3 is 29.3 Å². The van der Waals surface area contributed by atoms with Crippen LogP contribution in [-0.2, 0) is 35.3 Å². The van der Waals surface area contributed by atoms with Crippen molar-refractivity contribution in [1.82, 2.24) is 29.7 Å². The topological polar surface area (TPSA) is 147 Å². The normalized spacial score (nSPS) is 23.9. The van der Waals surface area contributed by atoms with Crippen LogP contribution in [0.25, 0.3) is 11.0 Å². The van der Waals surface area contributed by atoms with E-state index in [0.717, 1.165) is 23.9 Å². The number of amides is 3. The minimum atomic E-state index is -1.23. The van der Waals surface area contributed by atoms with E-state index in [0.29, 0.717) is 44.2 Å². The van der Waals surface area contributed by atoms with Crippen LogP contribution in [0.15, 0.2) is 79.9 Å². The van der Waals surface area contributed by atoms with Crippen molar-refractivity contribution in [2.75, 3.05) is 26.7 Å².